The van der Waals surface area contributed by atoms with Gasteiger partial charge in [-0.15, -0.1) is 0 Å². The summed E-state index contributed by atoms with van der Waals surface area (Å²) in [5.74, 6) is -0.140. The van der Waals surface area contributed by atoms with Crippen molar-refractivity contribution in [2.45, 2.75) is 13.8 Å². The summed E-state index contributed by atoms with van der Waals surface area (Å²) in [6.07, 6.45) is 0. The van der Waals surface area contributed by atoms with Gasteiger partial charge in [0.1, 0.15) is 0 Å². The molecule has 0 aromatic heterocycles. The van der Waals surface area contributed by atoms with Gasteiger partial charge in [-0.05, 0) is 44.2 Å². The zero-order chi connectivity index (χ0) is 17.4. The summed E-state index contributed by atoms with van der Waals surface area (Å²) in [6.45, 7) is 5.17. The van der Waals surface area contributed by atoms with Crippen LogP contribution < -0.4 is 15.5 Å². The van der Waals surface area contributed by atoms with Crippen molar-refractivity contribution in [2.24, 2.45) is 0 Å². The predicted octanol–water partition coefficient (Wildman–Crippen LogP) is 2.90. The summed E-state index contributed by atoms with van der Waals surface area (Å²) in [7, 11) is 0. The first-order valence-corrected chi connectivity index (χ1v) is 8.13. The van der Waals surface area contributed by atoms with Crippen LogP contribution >= 0.6 is 0 Å². The molecule has 0 unspecified atom stereocenters. The van der Waals surface area contributed by atoms with Crippen molar-refractivity contribution in [2.75, 3.05) is 29.9 Å². The molecule has 5 nitrogen and oxygen atoms in total. The molecule has 2 N–H and O–H groups in total. The number of likely N-dealkylation sites (N-methyl/N-ethyl adjacent to an activating group) is 1. The van der Waals surface area contributed by atoms with Gasteiger partial charge in [-0.3, -0.25) is 9.59 Å². The maximum absolute atomic E-state index is 12.5. The van der Waals surface area contributed by atoms with Crippen LogP contribution in [0.2, 0.25) is 0 Å². The third kappa shape index (κ3) is 4.59. The molecule has 2 rings (SSSR count). The molecule has 0 bridgehead atoms. The largest absolute Gasteiger partial charge is 0.376 e. The molecule has 0 spiro atoms. The monoisotopic (exact) mass is 325 g/mol. The summed E-state index contributed by atoms with van der Waals surface area (Å²) < 4.78 is 0. The van der Waals surface area contributed by atoms with Crippen LogP contribution in [-0.2, 0) is 4.79 Å². The van der Waals surface area contributed by atoms with Crippen molar-refractivity contribution >= 4 is 23.2 Å². The minimum Gasteiger partial charge on any atom is -0.376 e. The van der Waals surface area contributed by atoms with Crippen LogP contribution in [0.4, 0.5) is 11.4 Å². The highest BCUT2D eigenvalue weighted by Crippen LogP contribution is 2.14. The third-order valence-corrected chi connectivity index (χ3v) is 3.59. The highest BCUT2D eigenvalue weighted by molar-refractivity contribution is 5.97. The number of anilines is 2. The van der Waals surface area contributed by atoms with Crippen LogP contribution in [0.3, 0.4) is 0 Å². The molecule has 0 aliphatic heterocycles. The molecule has 0 radical (unpaired) electrons. The number of benzene rings is 2. The van der Waals surface area contributed by atoms with Crippen molar-refractivity contribution in [1.29, 1.82) is 0 Å². The zero-order valence-electron chi connectivity index (χ0n) is 14.1. The molecule has 0 atom stereocenters. The number of rotatable bonds is 7. The lowest BCUT2D eigenvalue weighted by Gasteiger charge is -2.21. The second-order valence-electron chi connectivity index (χ2n) is 5.27. The van der Waals surface area contributed by atoms with Crippen LogP contribution in [0, 0.1) is 0 Å². The summed E-state index contributed by atoms with van der Waals surface area (Å²) in [5, 5.41) is 5.86. The van der Waals surface area contributed by atoms with Gasteiger partial charge in [0.2, 0.25) is 5.91 Å². The highest BCUT2D eigenvalue weighted by Gasteiger charge is 2.13. The minimum atomic E-state index is -0.119. The van der Waals surface area contributed by atoms with Gasteiger partial charge in [-0.1, -0.05) is 24.3 Å². The van der Waals surface area contributed by atoms with Crippen molar-refractivity contribution in [3.05, 3.63) is 60.2 Å². The number of nitrogens with zero attached hydrogens (tertiary/aromatic N) is 1. The maximum atomic E-state index is 12.5. The second-order valence-corrected chi connectivity index (χ2v) is 5.27. The fraction of sp³-hybridized carbons (Fsp3) is 0.263. The number of hydrogen-bond donors (Lipinski definition) is 2. The Balaban J connectivity index is 2.01. The van der Waals surface area contributed by atoms with Gasteiger partial charge in [-0.25, -0.2) is 0 Å². The number of carbonyl (C=O) groups is 2. The molecule has 0 aliphatic carbocycles. The molecule has 0 saturated carbocycles. The molecular formula is C19H23N3O2. The van der Waals surface area contributed by atoms with Gasteiger partial charge in [0.15, 0.2) is 0 Å². The summed E-state index contributed by atoms with van der Waals surface area (Å²) in [4.78, 5) is 26.0. The second kappa shape index (κ2) is 8.72. The van der Waals surface area contributed by atoms with Gasteiger partial charge in [0.25, 0.3) is 5.91 Å². The number of hydrogen-bond acceptors (Lipinski definition) is 3. The molecule has 2 amide bonds. The van der Waals surface area contributed by atoms with Gasteiger partial charge in [0.05, 0.1) is 6.54 Å². The van der Waals surface area contributed by atoms with Crippen LogP contribution in [-0.4, -0.2) is 31.4 Å². The lowest BCUT2D eigenvalue weighted by molar-refractivity contribution is -0.116. The van der Waals surface area contributed by atoms with E-state index in [2.05, 4.69) is 10.6 Å². The summed E-state index contributed by atoms with van der Waals surface area (Å²) >= 11 is 0. The van der Waals surface area contributed by atoms with Gasteiger partial charge in [-0.2, -0.15) is 0 Å². The molecule has 0 aliphatic rings. The Morgan fingerprint density at radius 3 is 2.42 bits per heavy atom. The zero-order valence-corrected chi connectivity index (χ0v) is 14.1. The lowest BCUT2D eigenvalue weighted by atomic mass is 10.2. The van der Waals surface area contributed by atoms with Crippen molar-refractivity contribution in [3.63, 3.8) is 0 Å². The van der Waals surface area contributed by atoms with Crippen molar-refractivity contribution in [1.82, 2.24) is 5.32 Å². The molecule has 5 heteroatoms. The molecule has 0 fully saturated rings. The van der Waals surface area contributed by atoms with Crippen LogP contribution in [0.25, 0.3) is 0 Å². The minimum absolute atomic E-state index is 0.0212. The van der Waals surface area contributed by atoms with E-state index in [9.17, 15) is 9.59 Å². The van der Waals surface area contributed by atoms with Crippen molar-refractivity contribution in [3.8, 4) is 0 Å². The van der Waals surface area contributed by atoms with Crippen LogP contribution in [0.15, 0.2) is 54.6 Å². The average Bonchev–Trinajstić information content (AvgIpc) is 2.62. The van der Waals surface area contributed by atoms with Gasteiger partial charge in [0, 0.05) is 30.0 Å². The molecule has 126 valence electrons. The topological polar surface area (TPSA) is 61.4 Å². The number of nitrogens with one attached hydrogen (secondary N) is 2. The smallest absolute Gasteiger partial charge is 0.251 e. The van der Waals surface area contributed by atoms with E-state index < -0.39 is 0 Å². The molecular weight excluding hydrogens is 302 g/mol. The van der Waals surface area contributed by atoms with Gasteiger partial charge >= 0.3 is 0 Å². The quantitative estimate of drug-likeness (QED) is 0.823. The van der Waals surface area contributed by atoms with E-state index in [0.717, 1.165) is 11.4 Å². The highest BCUT2D eigenvalue weighted by atomic mass is 16.2. The Morgan fingerprint density at radius 1 is 1.00 bits per heavy atom. The Morgan fingerprint density at radius 2 is 1.75 bits per heavy atom. The SMILES string of the molecule is CCNC(=O)c1cccc(NCC(=O)N(CC)c2ccccc2)c1. The van der Waals surface area contributed by atoms with E-state index >= 15 is 0 Å². The first kappa shape index (κ1) is 17.5. The Labute approximate surface area is 142 Å². The van der Waals surface area contributed by atoms with E-state index in [1.54, 1.807) is 23.1 Å². The van der Waals surface area contributed by atoms with Crippen molar-refractivity contribution < 1.29 is 9.59 Å². The number of para-hydroxylation sites is 1. The molecule has 24 heavy (non-hydrogen) atoms. The molecule has 2 aromatic rings. The van der Waals surface area contributed by atoms with E-state index in [-0.39, 0.29) is 18.4 Å². The lowest BCUT2D eigenvalue weighted by Crippen LogP contribution is -2.35. The van der Waals surface area contributed by atoms with E-state index in [1.165, 1.54) is 0 Å². The maximum Gasteiger partial charge on any atom is 0.251 e. The molecule has 0 heterocycles. The standard InChI is InChI=1S/C19H23N3O2/c1-3-20-19(24)15-9-8-10-16(13-15)21-14-18(23)22(4-2)17-11-6-5-7-12-17/h5-13,21H,3-4,14H2,1-2H3,(H,20,24). The molecule has 2 aromatic carbocycles. The van der Waals surface area contributed by atoms with Gasteiger partial charge < -0.3 is 15.5 Å². The fourth-order valence-electron chi connectivity index (χ4n) is 2.42. The Hall–Kier alpha value is -2.82. The summed E-state index contributed by atoms with van der Waals surface area (Å²) in [6, 6.07) is 16.7. The van der Waals surface area contributed by atoms with Crippen LogP contribution in [0.1, 0.15) is 24.2 Å². The summed E-state index contributed by atoms with van der Waals surface area (Å²) in [5.41, 5.74) is 2.20. The Bertz CT molecular complexity index is 686. The average molecular weight is 325 g/mol. The number of carbonyl (C=O) groups excluding carboxylic acids is 2. The number of amides is 2. The van der Waals surface area contributed by atoms with Crippen LogP contribution in [0.5, 0.6) is 0 Å². The Kier molecular flexibility index (Phi) is 6.37. The predicted molar refractivity (Wildman–Crippen MR) is 97.4 cm³/mol. The fourth-order valence-corrected chi connectivity index (χ4v) is 2.42. The first-order chi connectivity index (χ1) is 11.7. The van der Waals surface area contributed by atoms with E-state index in [1.807, 2.05) is 50.2 Å². The third-order valence-electron chi connectivity index (χ3n) is 3.59. The van der Waals surface area contributed by atoms with E-state index in [0.29, 0.717) is 18.7 Å². The normalized spacial score (nSPS) is 10.1. The van der Waals surface area contributed by atoms with E-state index in [4.69, 9.17) is 0 Å². The first-order valence-electron chi connectivity index (χ1n) is 8.13. The molecule has 0 saturated heterocycles.